The van der Waals surface area contributed by atoms with Gasteiger partial charge in [-0.1, -0.05) is 6.07 Å². The number of pyridine rings is 1. The number of aromatic nitrogens is 1. The molecule has 0 aromatic carbocycles. The third kappa shape index (κ3) is 4.09. The number of hydrogen-bond acceptors (Lipinski definition) is 7. The minimum atomic E-state index is -0.502. The molecule has 3 N–H and O–H groups in total. The van der Waals surface area contributed by atoms with Crippen LogP contribution in [0.15, 0.2) is 47.1 Å². The molecule has 0 fully saturated rings. The van der Waals surface area contributed by atoms with Crippen LogP contribution in [0.4, 0.5) is 0 Å². The summed E-state index contributed by atoms with van der Waals surface area (Å²) in [5.74, 6) is -0.894. The number of dihydropyridines is 1. The van der Waals surface area contributed by atoms with Gasteiger partial charge in [0, 0.05) is 42.5 Å². The van der Waals surface area contributed by atoms with Crippen LogP contribution >= 0.6 is 0 Å². The van der Waals surface area contributed by atoms with E-state index in [1.54, 1.807) is 25.4 Å². The summed E-state index contributed by atoms with van der Waals surface area (Å²) in [6.07, 6.45) is 5.39. The van der Waals surface area contributed by atoms with E-state index < -0.39 is 11.9 Å². The average molecular weight is 371 g/mol. The predicted octanol–water partition coefficient (Wildman–Crippen LogP) is 1.57. The first-order valence-electron chi connectivity index (χ1n) is 9.28. The van der Waals surface area contributed by atoms with Crippen molar-refractivity contribution in [1.82, 2.24) is 10.3 Å². The highest BCUT2D eigenvalue weighted by molar-refractivity contribution is 6.03. The maximum absolute atomic E-state index is 12.9. The Morgan fingerprint density at radius 1 is 1.41 bits per heavy atom. The molecule has 1 aromatic rings. The first-order chi connectivity index (χ1) is 13.2. The molecule has 27 heavy (non-hydrogen) atoms. The minimum absolute atomic E-state index is 0.0568. The van der Waals surface area contributed by atoms with Gasteiger partial charge in [-0.15, -0.1) is 0 Å². The lowest BCUT2D eigenvalue weighted by molar-refractivity contribution is -0.139. The number of carbonyl (C=O) groups is 2. The van der Waals surface area contributed by atoms with Crippen LogP contribution in [0.5, 0.6) is 0 Å². The van der Waals surface area contributed by atoms with Gasteiger partial charge in [0.2, 0.25) is 0 Å². The summed E-state index contributed by atoms with van der Waals surface area (Å²) < 4.78 is 10.9. The molecule has 3 rings (SSSR count). The predicted molar refractivity (Wildman–Crippen MR) is 99.5 cm³/mol. The van der Waals surface area contributed by atoms with Crippen molar-refractivity contribution in [2.24, 2.45) is 5.73 Å². The van der Waals surface area contributed by atoms with E-state index in [1.807, 2.05) is 6.07 Å². The number of carbonyl (C=O) groups excluding carboxylic acids is 2. The number of nitrogens with two attached hydrogens (primary N) is 1. The maximum atomic E-state index is 12.9. The molecule has 1 aromatic heterocycles. The lowest BCUT2D eigenvalue weighted by Gasteiger charge is -2.34. The van der Waals surface area contributed by atoms with Crippen molar-refractivity contribution >= 4 is 11.8 Å². The number of ether oxygens (including phenoxy) is 2. The Balaban J connectivity index is 2.11. The van der Waals surface area contributed by atoms with Crippen LogP contribution in [0.3, 0.4) is 0 Å². The first kappa shape index (κ1) is 19.3. The standard InChI is InChI=1S/C20H25N3O4/c1-2-27-20(25)19-15(12-26-10-8-21)23-14-6-3-7-16(24)18(14)17(19)13-5-4-9-22-11-13/h4-5,9,11,17,23H,2-3,6-8,10,12,21H2,1H3. The van der Waals surface area contributed by atoms with Crippen molar-refractivity contribution in [3.63, 3.8) is 0 Å². The lowest BCUT2D eigenvalue weighted by atomic mass is 9.75. The van der Waals surface area contributed by atoms with Gasteiger partial charge < -0.3 is 20.5 Å². The highest BCUT2D eigenvalue weighted by Crippen LogP contribution is 2.42. The van der Waals surface area contributed by atoms with Gasteiger partial charge in [-0.05, 0) is 31.4 Å². The van der Waals surface area contributed by atoms with Gasteiger partial charge >= 0.3 is 5.97 Å². The number of esters is 1. The summed E-state index contributed by atoms with van der Waals surface area (Å²) in [7, 11) is 0. The number of Topliss-reactive ketones (excluding diaryl/α,β-unsaturated/α-hetero) is 1. The number of ketones is 1. The molecule has 0 radical (unpaired) electrons. The van der Waals surface area contributed by atoms with E-state index in [1.165, 1.54) is 0 Å². The van der Waals surface area contributed by atoms with Crippen LogP contribution in [0.25, 0.3) is 0 Å². The first-order valence-corrected chi connectivity index (χ1v) is 9.28. The number of nitrogens with zero attached hydrogens (tertiary/aromatic N) is 1. The molecule has 1 atom stereocenters. The van der Waals surface area contributed by atoms with Gasteiger partial charge in [0.15, 0.2) is 5.78 Å². The number of rotatable bonds is 7. The maximum Gasteiger partial charge on any atom is 0.336 e. The second-order valence-corrected chi connectivity index (χ2v) is 6.47. The Morgan fingerprint density at radius 2 is 2.26 bits per heavy atom. The molecule has 7 nitrogen and oxygen atoms in total. The molecule has 2 heterocycles. The Morgan fingerprint density at radius 3 is 2.96 bits per heavy atom. The molecule has 0 saturated carbocycles. The average Bonchev–Trinajstić information content (AvgIpc) is 2.68. The highest BCUT2D eigenvalue weighted by atomic mass is 16.5. The van der Waals surface area contributed by atoms with E-state index in [4.69, 9.17) is 15.2 Å². The van der Waals surface area contributed by atoms with E-state index in [-0.39, 0.29) is 19.0 Å². The number of nitrogens with one attached hydrogen (secondary N) is 1. The molecule has 0 amide bonds. The molecule has 144 valence electrons. The van der Waals surface area contributed by atoms with Gasteiger partial charge in [-0.3, -0.25) is 9.78 Å². The quantitative estimate of drug-likeness (QED) is 0.554. The molecule has 0 saturated heterocycles. The molecular weight excluding hydrogens is 346 g/mol. The van der Waals surface area contributed by atoms with E-state index >= 15 is 0 Å². The second kappa shape index (κ2) is 8.92. The van der Waals surface area contributed by atoms with Gasteiger partial charge in [0.05, 0.1) is 31.1 Å². The molecule has 1 aliphatic carbocycles. The van der Waals surface area contributed by atoms with Crippen LogP contribution in [0.2, 0.25) is 0 Å². The van der Waals surface area contributed by atoms with Crippen molar-refractivity contribution in [1.29, 1.82) is 0 Å². The Labute approximate surface area is 158 Å². The fraction of sp³-hybridized carbons (Fsp3) is 0.450. The normalized spacial score (nSPS) is 19.6. The van der Waals surface area contributed by atoms with E-state index in [0.29, 0.717) is 36.4 Å². The Kier molecular flexibility index (Phi) is 6.36. The zero-order chi connectivity index (χ0) is 19.2. The Bertz CT molecular complexity index is 771. The largest absolute Gasteiger partial charge is 0.463 e. The smallest absolute Gasteiger partial charge is 0.336 e. The molecule has 1 unspecified atom stereocenters. The third-order valence-corrected chi connectivity index (χ3v) is 4.68. The van der Waals surface area contributed by atoms with Crippen molar-refractivity contribution in [2.75, 3.05) is 26.4 Å². The summed E-state index contributed by atoms with van der Waals surface area (Å²) >= 11 is 0. The fourth-order valence-corrected chi connectivity index (χ4v) is 3.60. The SMILES string of the molecule is CCOC(=O)C1=C(COCCN)NC2=C(C(=O)CCC2)C1c1cccnc1. The van der Waals surface area contributed by atoms with Crippen LogP contribution in [0.1, 0.15) is 37.7 Å². The molecule has 7 heteroatoms. The van der Waals surface area contributed by atoms with E-state index in [0.717, 1.165) is 24.1 Å². The van der Waals surface area contributed by atoms with Gasteiger partial charge in [0.25, 0.3) is 0 Å². The fourth-order valence-electron chi connectivity index (χ4n) is 3.60. The molecule has 0 bridgehead atoms. The highest BCUT2D eigenvalue weighted by Gasteiger charge is 2.40. The summed E-state index contributed by atoms with van der Waals surface area (Å²) in [4.78, 5) is 29.8. The van der Waals surface area contributed by atoms with Crippen molar-refractivity contribution in [3.8, 4) is 0 Å². The molecular formula is C20H25N3O4. The summed E-state index contributed by atoms with van der Waals surface area (Å²) in [5.41, 5.74) is 8.85. The van der Waals surface area contributed by atoms with Gasteiger partial charge in [0.1, 0.15) is 0 Å². The number of allylic oxidation sites excluding steroid dienone is 2. The van der Waals surface area contributed by atoms with Crippen molar-refractivity contribution in [3.05, 3.63) is 52.6 Å². The van der Waals surface area contributed by atoms with E-state index in [9.17, 15) is 9.59 Å². The monoisotopic (exact) mass is 371 g/mol. The van der Waals surface area contributed by atoms with Crippen LogP contribution in [0, 0.1) is 0 Å². The minimum Gasteiger partial charge on any atom is -0.463 e. The van der Waals surface area contributed by atoms with E-state index in [2.05, 4.69) is 10.3 Å². The third-order valence-electron chi connectivity index (χ3n) is 4.68. The van der Waals surface area contributed by atoms with Crippen molar-refractivity contribution in [2.45, 2.75) is 32.1 Å². The summed E-state index contributed by atoms with van der Waals surface area (Å²) in [6, 6.07) is 3.69. The van der Waals surface area contributed by atoms with Crippen LogP contribution in [-0.2, 0) is 19.1 Å². The second-order valence-electron chi connectivity index (χ2n) is 6.47. The summed E-state index contributed by atoms with van der Waals surface area (Å²) in [6.45, 7) is 2.98. The van der Waals surface area contributed by atoms with Crippen molar-refractivity contribution < 1.29 is 19.1 Å². The molecule has 2 aliphatic rings. The zero-order valence-electron chi connectivity index (χ0n) is 15.5. The molecule has 0 spiro atoms. The lowest BCUT2D eigenvalue weighted by Crippen LogP contribution is -2.36. The summed E-state index contributed by atoms with van der Waals surface area (Å²) in [5, 5.41) is 3.29. The molecule has 1 aliphatic heterocycles. The number of hydrogen-bond donors (Lipinski definition) is 2. The van der Waals surface area contributed by atoms with Gasteiger partial charge in [-0.2, -0.15) is 0 Å². The topological polar surface area (TPSA) is 104 Å². The zero-order valence-corrected chi connectivity index (χ0v) is 15.5. The van der Waals surface area contributed by atoms with Gasteiger partial charge in [-0.25, -0.2) is 4.79 Å². The van der Waals surface area contributed by atoms with Crippen LogP contribution in [-0.4, -0.2) is 43.1 Å². The van der Waals surface area contributed by atoms with Crippen LogP contribution < -0.4 is 11.1 Å². The Hall–Kier alpha value is -2.51.